The molecule has 0 saturated carbocycles. The van der Waals surface area contributed by atoms with Gasteiger partial charge >= 0.3 is 0 Å². The molecule has 116 heavy (non-hydrogen) atoms. The predicted molar refractivity (Wildman–Crippen MR) is 494 cm³/mol. The van der Waals surface area contributed by atoms with Gasteiger partial charge in [-0.05, 0) is 108 Å². The zero-order valence-electron chi connectivity index (χ0n) is 77.5. The molecule has 0 aromatic carbocycles. The summed E-state index contributed by atoms with van der Waals surface area (Å²) in [5.74, 6) is 13.7. The monoisotopic (exact) mass is 1630 g/mol. The van der Waals surface area contributed by atoms with Crippen molar-refractivity contribution in [3.8, 4) is 0 Å². The van der Waals surface area contributed by atoms with Crippen LogP contribution >= 0.6 is 0 Å². The largest absolute Gasteiger partial charge is 0.346 e. The van der Waals surface area contributed by atoms with E-state index in [1.807, 2.05) is 129 Å². The van der Waals surface area contributed by atoms with Crippen molar-refractivity contribution in [1.29, 1.82) is 0 Å². The van der Waals surface area contributed by atoms with E-state index < -0.39 is 0 Å². The van der Waals surface area contributed by atoms with Crippen molar-refractivity contribution in [2.24, 2.45) is 79.9 Å². The van der Waals surface area contributed by atoms with Crippen molar-refractivity contribution in [2.75, 3.05) is 165 Å². The van der Waals surface area contributed by atoms with Crippen LogP contribution in [0.15, 0.2) is 79.9 Å². The smallest absolute Gasteiger partial charge is 0.202 e. The van der Waals surface area contributed by atoms with Crippen LogP contribution in [-0.2, 0) is 0 Å². The summed E-state index contributed by atoms with van der Waals surface area (Å²) in [6.45, 7) is 40.7. The molecule has 8 aliphatic rings. The van der Waals surface area contributed by atoms with Gasteiger partial charge in [-0.2, -0.15) is 0 Å². The Morgan fingerprint density at radius 3 is 0.819 bits per heavy atom. The van der Waals surface area contributed by atoms with Gasteiger partial charge in [0.25, 0.3) is 0 Å². The second-order valence-electron chi connectivity index (χ2n) is 28.2. The summed E-state index contributed by atoms with van der Waals surface area (Å²) in [6, 6.07) is 0. The van der Waals surface area contributed by atoms with E-state index in [2.05, 4.69) is 242 Å². The molecule has 8 atom stereocenters. The van der Waals surface area contributed by atoms with Crippen LogP contribution < -0.4 is 85.1 Å². The van der Waals surface area contributed by atoms with E-state index in [9.17, 15) is 0 Å². The zero-order chi connectivity index (χ0) is 87.2. The number of hydrogen-bond acceptors (Lipinski definition) is 20. The molecule has 8 rings (SSSR count). The highest BCUT2D eigenvalue weighted by atomic mass is 15.5. The Kier molecular flexibility index (Phi) is 53.4. The van der Waals surface area contributed by atoms with Gasteiger partial charge in [0.05, 0.1) is 24.7 Å². The normalized spacial score (nSPS) is 25.3. The van der Waals surface area contributed by atoms with Gasteiger partial charge in [0.15, 0.2) is 23.8 Å². The first-order valence-corrected chi connectivity index (χ1v) is 41.7. The van der Waals surface area contributed by atoms with Crippen molar-refractivity contribution < 1.29 is 0 Å². The van der Waals surface area contributed by atoms with E-state index in [0.29, 0.717) is 0 Å². The first kappa shape index (κ1) is 104. The third-order valence-electron chi connectivity index (χ3n) is 17.6. The molecule has 0 radical (unpaired) electrons. The summed E-state index contributed by atoms with van der Waals surface area (Å²) in [5, 5.41) is 50.9. The number of nitrogens with zero attached hydrogens (tertiary/aromatic N) is 24. The molecule has 0 spiro atoms. The second kappa shape index (κ2) is 59.6. The summed E-state index contributed by atoms with van der Waals surface area (Å²) < 4.78 is 0. The van der Waals surface area contributed by atoms with Crippen LogP contribution in [0.1, 0.15) is 188 Å². The molecule has 4 saturated heterocycles. The summed E-state index contributed by atoms with van der Waals surface area (Å²) >= 11 is 0. The van der Waals surface area contributed by atoms with E-state index in [0.717, 1.165) is 173 Å². The van der Waals surface area contributed by atoms with Crippen molar-refractivity contribution in [1.82, 2.24) is 124 Å². The van der Waals surface area contributed by atoms with Crippen LogP contribution in [0, 0.1) is 0 Å². The fraction of sp³-hybridized carbons (Fsp3) is 0.789. The highest BCUT2D eigenvalue weighted by Crippen LogP contribution is 2.06. The molecule has 40 nitrogen and oxygen atoms in total. The van der Waals surface area contributed by atoms with Gasteiger partial charge in [-0.3, -0.25) is 101 Å². The Hall–Kier alpha value is -10.1. The first-order valence-electron chi connectivity index (χ1n) is 41.7. The molecule has 4 fully saturated rings. The highest BCUT2D eigenvalue weighted by Gasteiger charge is 2.27. The number of rotatable bonds is 20. The van der Waals surface area contributed by atoms with E-state index in [1.165, 1.54) is 51.4 Å². The molecule has 16 N–H and O–H groups in total. The topological polar surface area (TPSA) is 416 Å². The number of guanidine groups is 16. The molecule has 8 aliphatic heterocycles. The maximum atomic E-state index is 4.56. The van der Waals surface area contributed by atoms with E-state index in [4.69, 9.17) is 0 Å². The standard InChI is InChI=1S/2C11H23N5.2C10H21N5.2C9H19N5.2C8H17N5/c1-5-6-7-8-16(4)11-14-9(2)13-10(12-3)15-11;1-5-6-7-8-13-11-15-9(2)14-10(12-3)16(11)4;1-5-6-7-15(4)10-13-8(2)12-9(11-3)14-10;1-5-6-7-12-10-14-8(2)13-9(11-3)15(10)4;1-5-6-14(4)9-12-7(2)11-8(10-3)13-9;1-5-6-11-9-13-7(2)12-8(10-3)14(9)4;1-5-13(4)8-11-6(2)10-7(9-3)12-8;1-5-10-8-12-6(2)11-7(9-3)13(8)4/h9H,5-8H2,1-4H3,(H2,12,13,14,15);9H,5-8H2,1-4H3,(H,12,14)(H,13,15);8H,5-7H2,1-4H3,(H2,11,12,13,14);8H,5-7H2,1-4H3,(H,11,13)(H,12,14);7H,5-6H2,1-4H3,(H2,10,11,12,13);7H,5-6H2,1-4H3,(H,10,12)(H,11,13);6H,5H2,1-4H3,(H2,9,10,11,12);6H,5H2,1-4H3,(H,9,11)(H,10,12). The van der Waals surface area contributed by atoms with Crippen molar-refractivity contribution in [3.63, 3.8) is 0 Å². The highest BCUT2D eigenvalue weighted by molar-refractivity contribution is 6.05. The number of unbranched alkanes of at least 4 members (excludes halogenated alkanes) is 6. The minimum absolute atomic E-state index is 0.0866. The Morgan fingerprint density at radius 1 is 0.276 bits per heavy atom. The van der Waals surface area contributed by atoms with Gasteiger partial charge in [-0.1, -0.05) is 80.1 Å². The van der Waals surface area contributed by atoms with Gasteiger partial charge in [-0.15, -0.1) is 0 Å². The van der Waals surface area contributed by atoms with E-state index in [-0.39, 0.29) is 49.3 Å². The number of hydrogen-bond donors (Lipinski definition) is 16. The average molecular weight is 1630 g/mol. The third-order valence-corrected chi connectivity index (χ3v) is 17.6. The fourth-order valence-corrected chi connectivity index (χ4v) is 11.0. The van der Waals surface area contributed by atoms with Crippen LogP contribution in [0.3, 0.4) is 0 Å². The summed E-state index contributed by atoms with van der Waals surface area (Å²) in [6.07, 6.45) is 15.2. The van der Waals surface area contributed by atoms with Crippen LogP contribution in [0.4, 0.5) is 0 Å². The molecule has 0 aliphatic carbocycles. The Labute approximate surface area is 698 Å². The second-order valence-corrected chi connectivity index (χ2v) is 28.2. The Bertz CT molecular complexity index is 3290. The molecular weight excluding hydrogens is 1470 g/mol. The van der Waals surface area contributed by atoms with Gasteiger partial charge < -0.3 is 83.4 Å². The lowest BCUT2D eigenvalue weighted by molar-refractivity contribution is 0.454. The zero-order valence-corrected chi connectivity index (χ0v) is 77.5. The van der Waals surface area contributed by atoms with E-state index in [1.54, 1.807) is 56.4 Å². The molecule has 8 unspecified atom stereocenters. The molecular formula is C76H160N40. The Balaban J connectivity index is 0.000000664. The van der Waals surface area contributed by atoms with Crippen molar-refractivity contribution >= 4 is 95.4 Å². The van der Waals surface area contributed by atoms with Crippen molar-refractivity contribution in [3.05, 3.63) is 0 Å². The minimum atomic E-state index is 0.0866. The molecule has 8 heterocycles. The summed E-state index contributed by atoms with van der Waals surface area (Å²) in [5.41, 5.74) is 0. The van der Waals surface area contributed by atoms with Gasteiger partial charge in [-0.25, -0.2) is 20.0 Å². The number of nitrogens with one attached hydrogen (secondary N) is 16. The maximum Gasteiger partial charge on any atom is 0.202 e. The van der Waals surface area contributed by atoms with Gasteiger partial charge in [0.1, 0.15) is 24.7 Å². The van der Waals surface area contributed by atoms with Gasteiger partial charge in [0.2, 0.25) is 71.5 Å². The van der Waals surface area contributed by atoms with Crippen LogP contribution in [0.5, 0.6) is 0 Å². The predicted octanol–water partition coefficient (Wildman–Crippen LogP) is 3.23. The molecule has 0 bridgehead atoms. The maximum absolute atomic E-state index is 4.56. The average Bonchev–Trinajstić information content (AvgIpc) is 0.845. The molecule has 664 valence electrons. The lowest BCUT2D eigenvalue weighted by Gasteiger charge is -2.34. The lowest BCUT2D eigenvalue weighted by Crippen LogP contribution is -2.62. The first-order chi connectivity index (χ1) is 55.4. The number of aliphatic imine (C=N–C) groups is 16. The molecule has 40 heteroatoms. The quantitative estimate of drug-likeness (QED) is 0.0778. The van der Waals surface area contributed by atoms with Crippen LogP contribution in [-0.4, -0.2) is 349 Å². The lowest BCUT2D eigenvalue weighted by atomic mass is 10.2. The van der Waals surface area contributed by atoms with E-state index >= 15 is 0 Å². The van der Waals surface area contributed by atoms with Gasteiger partial charge in [0, 0.05) is 165 Å². The Morgan fingerprint density at radius 2 is 0.543 bits per heavy atom. The van der Waals surface area contributed by atoms with Crippen LogP contribution in [0.25, 0.3) is 0 Å². The summed E-state index contributed by atoms with van der Waals surface area (Å²) in [7, 11) is 30.1. The molecule has 0 amide bonds. The molecule has 0 aromatic heterocycles. The SMILES string of the molecule is CCCCCN(C)C1=NC(C)NC(=NC)N1.CCCCCN=C1NC(C)NC(=NC)N1C.CCCCN(C)C1=NC(C)NC(=NC)N1.CCCCN=C1NC(C)NC(=NC)N1C.CCCN(C)C1=NC(C)NC(=NC)N1.CCCN=C1NC(C)NC(=NC)N1C.CCN(C)C1=NC(C)NC(=NC)N1.CCN=C1NC(C)NC(=NC)N1C. The third kappa shape index (κ3) is 40.0. The minimum Gasteiger partial charge on any atom is -0.346 e. The summed E-state index contributed by atoms with van der Waals surface area (Å²) in [4.78, 5) is 84.8. The fourth-order valence-electron chi connectivity index (χ4n) is 11.0. The van der Waals surface area contributed by atoms with Crippen molar-refractivity contribution in [2.45, 2.75) is 237 Å². The van der Waals surface area contributed by atoms with Crippen LogP contribution in [0.2, 0.25) is 0 Å². The molecule has 0 aromatic rings.